The summed E-state index contributed by atoms with van der Waals surface area (Å²) in [5, 5.41) is 14.1. The van der Waals surface area contributed by atoms with Gasteiger partial charge in [-0.1, -0.05) is 0 Å². The molecule has 1 fully saturated rings. The van der Waals surface area contributed by atoms with E-state index in [0.29, 0.717) is 25.9 Å². The Balaban J connectivity index is 2.10. The van der Waals surface area contributed by atoms with E-state index in [1.807, 2.05) is 19.0 Å². The van der Waals surface area contributed by atoms with E-state index in [2.05, 4.69) is 10.6 Å². The Bertz CT molecular complexity index is 296. The summed E-state index contributed by atoms with van der Waals surface area (Å²) in [4.78, 5) is 24.0. The van der Waals surface area contributed by atoms with Gasteiger partial charge < -0.3 is 25.4 Å². The molecular formula is C11H21N3O4. The molecule has 7 nitrogen and oxygen atoms in total. The van der Waals surface area contributed by atoms with Gasteiger partial charge in [0.2, 0.25) is 0 Å². The zero-order chi connectivity index (χ0) is 13.5. The van der Waals surface area contributed by atoms with Crippen molar-refractivity contribution in [2.75, 3.05) is 33.7 Å². The number of hydrogen-bond donors (Lipinski definition) is 3. The van der Waals surface area contributed by atoms with Crippen molar-refractivity contribution < 1.29 is 19.4 Å². The summed E-state index contributed by atoms with van der Waals surface area (Å²) in [5.41, 5.74) is 0. The first-order chi connectivity index (χ1) is 8.49. The Morgan fingerprint density at radius 2 is 2.06 bits per heavy atom. The van der Waals surface area contributed by atoms with Crippen LogP contribution < -0.4 is 10.6 Å². The maximum Gasteiger partial charge on any atom is 0.332 e. The molecule has 0 radical (unpaired) electrons. The van der Waals surface area contributed by atoms with Crippen molar-refractivity contribution in [1.29, 1.82) is 0 Å². The third-order valence-electron chi connectivity index (χ3n) is 2.72. The minimum Gasteiger partial charge on any atom is -0.479 e. The molecule has 2 unspecified atom stereocenters. The van der Waals surface area contributed by atoms with E-state index in [-0.39, 0.29) is 12.1 Å². The molecule has 0 aliphatic carbocycles. The van der Waals surface area contributed by atoms with Crippen LogP contribution in [0, 0.1) is 0 Å². The monoisotopic (exact) mass is 259 g/mol. The topological polar surface area (TPSA) is 90.9 Å². The quantitative estimate of drug-likeness (QED) is 0.597. The van der Waals surface area contributed by atoms with Crippen LogP contribution in [0.25, 0.3) is 0 Å². The van der Waals surface area contributed by atoms with E-state index in [0.717, 1.165) is 6.54 Å². The van der Waals surface area contributed by atoms with E-state index in [9.17, 15) is 9.59 Å². The van der Waals surface area contributed by atoms with Crippen LogP contribution in [0.5, 0.6) is 0 Å². The van der Waals surface area contributed by atoms with E-state index < -0.39 is 12.1 Å². The molecule has 1 heterocycles. The van der Waals surface area contributed by atoms with E-state index in [4.69, 9.17) is 9.84 Å². The lowest BCUT2D eigenvalue weighted by molar-refractivity contribution is -0.149. The molecule has 1 aliphatic rings. The number of carboxylic acid groups (broad SMARTS) is 1. The summed E-state index contributed by atoms with van der Waals surface area (Å²) in [6.45, 7) is 1.69. The second-order valence-corrected chi connectivity index (χ2v) is 4.60. The zero-order valence-electron chi connectivity index (χ0n) is 10.8. The summed E-state index contributed by atoms with van der Waals surface area (Å²) in [6, 6.07) is -0.251. The molecule has 0 bridgehead atoms. The molecule has 3 N–H and O–H groups in total. The molecule has 0 aromatic rings. The van der Waals surface area contributed by atoms with Gasteiger partial charge in [0.05, 0.1) is 6.10 Å². The number of rotatable bonds is 6. The van der Waals surface area contributed by atoms with Gasteiger partial charge in [0, 0.05) is 19.6 Å². The van der Waals surface area contributed by atoms with Crippen molar-refractivity contribution in [2.24, 2.45) is 0 Å². The maximum atomic E-state index is 11.4. The normalized spacial score (nSPS) is 23.1. The molecule has 2 amide bonds. The molecule has 2 atom stereocenters. The van der Waals surface area contributed by atoms with Crippen LogP contribution in [0.3, 0.4) is 0 Å². The molecule has 7 heteroatoms. The number of hydrogen-bond acceptors (Lipinski definition) is 4. The first kappa shape index (κ1) is 14.7. The fraction of sp³-hybridized carbons (Fsp3) is 0.818. The molecule has 1 saturated heterocycles. The molecular weight excluding hydrogens is 238 g/mol. The first-order valence-electron chi connectivity index (χ1n) is 6.03. The average Bonchev–Trinajstić information content (AvgIpc) is 2.74. The van der Waals surface area contributed by atoms with Gasteiger partial charge in [0.25, 0.3) is 0 Å². The van der Waals surface area contributed by atoms with Crippen LogP contribution in [-0.4, -0.2) is 67.9 Å². The van der Waals surface area contributed by atoms with E-state index in [1.165, 1.54) is 0 Å². The summed E-state index contributed by atoms with van der Waals surface area (Å²) in [5.74, 6) is -0.937. The SMILES string of the molecule is CN(C)CCNC(=O)NCC1CCC(C(=O)O)O1. The third kappa shape index (κ3) is 5.33. The van der Waals surface area contributed by atoms with Crippen LogP contribution in [0.4, 0.5) is 4.79 Å². The average molecular weight is 259 g/mol. The summed E-state index contributed by atoms with van der Waals surface area (Å²) in [7, 11) is 3.86. The lowest BCUT2D eigenvalue weighted by Crippen LogP contribution is -2.42. The number of carbonyl (C=O) groups excluding carboxylic acids is 1. The van der Waals surface area contributed by atoms with Crippen LogP contribution in [0.2, 0.25) is 0 Å². The predicted octanol–water partition coefficient (Wildman–Crippen LogP) is -0.521. The number of urea groups is 1. The number of likely N-dealkylation sites (N-methyl/N-ethyl adjacent to an activating group) is 1. The fourth-order valence-corrected chi connectivity index (χ4v) is 1.70. The number of ether oxygens (including phenoxy) is 1. The second kappa shape index (κ2) is 7.17. The van der Waals surface area contributed by atoms with Crippen molar-refractivity contribution >= 4 is 12.0 Å². The Morgan fingerprint density at radius 3 is 2.61 bits per heavy atom. The highest BCUT2D eigenvalue weighted by Gasteiger charge is 2.30. The third-order valence-corrected chi connectivity index (χ3v) is 2.72. The van der Waals surface area contributed by atoms with Crippen molar-refractivity contribution in [2.45, 2.75) is 25.0 Å². The maximum absolute atomic E-state index is 11.4. The zero-order valence-corrected chi connectivity index (χ0v) is 10.8. The van der Waals surface area contributed by atoms with Gasteiger partial charge in [-0.3, -0.25) is 0 Å². The first-order valence-corrected chi connectivity index (χ1v) is 6.03. The largest absolute Gasteiger partial charge is 0.479 e. The molecule has 0 spiro atoms. The standard InChI is InChI=1S/C11H21N3O4/c1-14(2)6-5-12-11(17)13-7-8-3-4-9(18-8)10(15)16/h8-9H,3-7H2,1-2H3,(H,15,16)(H2,12,13,17). The van der Waals surface area contributed by atoms with Gasteiger partial charge in [-0.25, -0.2) is 9.59 Å². The van der Waals surface area contributed by atoms with Gasteiger partial charge in [0.15, 0.2) is 6.10 Å². The highest BCUT2D eigenvalue weighted by molar-refractivity contribution is 5.74. The Morgan fingerprint density at radius 1 is 1.33 bits per heavy atom. The molecule has 1 aliphatic heterocycles. The lowest BCUT2D eigenvalue weighted by atomic mass is 10.2. The van der Waals surface area contributed by atoms with Crippen LogP contribution >= 0.6 is 0 Å². The highest BCUT2D eigenvalue weighted by atomic mass is 16.5. The fourth-order valence-electron chi connectivity index (χ4n) is 1.70. The Labute approximate surface area is 106 Å². The molecule has 1 rings (SSSR count). The van der Waals surface area contributed by atoms with Gasteiger partial charge in [-0.05, 0) is 26.9 Å². The smallest absolute Gasteiger partial charge is 0.332 e. The minimum atomic E-state index is -0.937. The predicted molar refractivity (Wildman–Crippen MR) is 65.5 cm³/mol. The summed E-state index contributed by atoms with van der Waals surface area (Å²) < 4.78 is 5.27. The number of nitrogens with one attached hydrogen (secondary N) is 2. The van der Waals surface area contributed by atoms with Gasteiger partial charge in [-0.15, -0.1) is 0 Å². The van der Waals surface area contributed by atoms with Crippen molar-refractivity contribution in [3.63, 3.8) is 0 Å². The van der Waals surface area contributed by atoms with Crippen molar-refractivity contribution in [1.82, 2.24) is 15.5 Å². The van der Waals surface area contributed by atoms with Crippen molar-refractivity contribution in [3.05, 3.63) is 0 Å². The van der Waals surface area contributed by atoms with Crippen molar-refractivity contribution in [3.8, 4) is 0 Å². The number of aliphatic carboxylic acids is 1. The lowest BCUT2D eigenvalue weighted by Gasteiger charge is -2.14. The Hall–Kier alpha value is -1.34. The Kier molecular flexibility index (Phi) is 5.87. The molecule has 18 heavy (non-hydrogen) atoms. The van der Waals surface area contributed by atoms with E-state index in [1.54, 1.807) is 0 Å². The van der Waals surface area contributed by atoms with Crippen LogP contribution in [0.1, 0.15) is 12.8 Å². The number of carboxylic acids is 1. The molecule has 0 aromatic carbocycles. The minimum absolute atomic E-state index is 0.203. The molecule has 0 aromatic heterocycles. The summed E-state index contributed by atoms with van der Waals surface area (Å²) in [6.07, 6.45) is 0.234. The number of nitrogens with zero attached hydrogens (tertiary/aromatic N) is 1. The summed E-state index contributed by atoms with van der Waals surface area (Å²) >= 11 is 0. The second-order valence-electron chi connectivity index (χ2n) is 4.60. The van der Waals surface area contributed by atoms with Crippen LogP contribution in [-0.2, 0) is 9.53 Å². The van der Waals surface area contributed by atoms with Gasteiger partial charge in [0.1, 0.15) is 0 Å². The van der Waals surface area contributed by atoms with E-state index >= 15 is 0 Å². The van der Waals surface area contributed by atoms with Gasteiger partial charge >= 0.3 is 12.0 Å². The van der Waals surface area contributed by atoms with Crippen LogP contribution in [0.15, 0.2) is 0 Å². The molecule has 104 valence electrons. The number of amides is 2. The number of carbonyl (C=O) groups is 2. The highest BCUT2D eigenvalue weighted by Crippen LogP contribution is 2.18. The van der Waals surface area contributed by atoms with Gasteiger partial charge in [-0.2, -0.15) is 0 Å². The molecule has 0 saturated carbocycles.